The summed E-state index contributed by atoms with van der Waals surface area (Å²) >= 11 is 0. The highest BCUT2D eigenvalue weighted by Gasteiger charge is 2.11. The number of benzene rings is 1. The summed E-state index contributed by atoms with van der Waals surface area (Å²) in [6, 6.07) is 4.24. The van der Waals surface area contributed by atoms with Crippen molar-refractivity contribution in [3.05, 3.63) is 40.0 Å². The maximum absolute atomic E-state index is 10.7. The van der Waals surface area contributed by atoms with E-state index in [-0.39, 0.29) is 12.1 Å². The zero-order valence-electron chi connectivity index (χ0n) is 8.29. The van der Waals surface area contributed by atoms with E-state index in [0.29, 0.717) is 11.3 Å². The molecule has 0 radical (unpaired) electrons. The van der Waals surface area contributed by atoms with Gasteiger partial charge in [0.05, 0.1) is 16.9 Å². The molecule has 0 fully saturated rings. The van der Waals surface area contributed by atoms with Crippen molar-refractivity contribution in [1.29, 1.82) is 0 Å². The zero-order chi connectivity index (χ0) is 12.1. The fourth-order valence-electron chi connectivity index (χ4n) is 1.15. The Labute approximate surface area is 91.2 Å². The predicted octanol–water partition coefficient (Wildman–Crippen LogP) is 1.66. The molecular formula is C10H10N2O4. The summed E-state index contributed by atoms with van der Waals surface area (Å²) in [6.07, 6.45) is 2.56. The molecule has 0 bridgehead atoms. The molecule has 16 heavy (non-hydrogen) atoms. The minimum absolute atomic E-state index is 0.137. The van der Waals surface area contributed by atoms with Crippen LogP contribution in [0.3, 0.4) is 0 Å². The molecule has 6 nitrogen and oxygen atoms in total. The normalized spacial score (nSPS) is 10.5. The lowest BCUT2D eigenvalue weighted by Gasteiger charge is -1.98. The van der Waals surface area contributed by atoms with Gasteiger partial charge in [0.15, 0.2) is 0 Å². The van der Waals surface area contributed by atoms with Gasteiger partial charge < -0.3 is 10.8 Å². The average molecular weight is 222 g/mol. The minimum Gasteiger partial charge on any atom is -0.481 e. The number of nitro benzene ring substituents is 1. The van der Waals surface area contributed by atoms with Crippen LogP contribution >= 0.6 is 0 Å². The van der Waals surface area contributed by atoms with Crippen LogP contribution in [0.1, 0.15) is 12.0 Å². The maximum atomic E-state index is 10.7. The molecule has 0 aromatic heterocycles. The summed E-state index contributed by atoms with van der Waals surface area (Å²) < 4.78 is 0. The molecule has 3 N–H and O–H groups in total. The van der Waals surface area contributed by atoms with Gasteiger partial charge in [-0.1, -0.05) is 12.2 Å². The number of hydrogen-bond acceptors (Lipinski definition) is 4. The molecule has 0 spiro atoms. The van der Waals surface area contributed by atoms with Crippen molar-refractivity contribution < 1.29 is 14.8 Å². The first-order chi connectivity index (χ1) is 7.50. The molecule has 0 heterocycles. The van der Waals surface area contributed by atoms with Gasteiger partial charge in [-0.05, 0) is 12.1 Å². The molecule has 0 aliphatic heterocycles. The van der Waals surface area contributed by atoms with Crippen LogP contribution < -0.4 is 5.73 Å². The number of carbonyl (C=O) groups is 1. The molecule has 6 heteroatoms. The number of nitrogen functional groups attached to an aromatic ring is 1. The van der Waals surface area contributed by atoms with Crippen molar-refractivity contribution >= 4 is 23.4 Å². The van der Waals surface area contributed by atoms with Crippen molar-refractivity contribution in [3.63, 3.8) is 0 Å². The van der Waals surface area contributed by atoms with Crippen LogP contribution in [0.4, 0.5) is 11.4 Å². The number of nitro groups is 1. The van der Waals surface area contributed by atoms with E-state index in [0.717, 1.165) is 0 Å². The summed E-state index contributed by atoms with van der Waals surface area (Å²) in [7, 11) is 0. The van der Waals surface area contributed by atoms with Gasteiger partial charge in [-0.2, -0.15) is 0 Å². The molecule has 84 valence electrons. The Bertz CT molecular complexity index is 454. The fourth-order valence-corrected chi connectivity index (χ4v) is 1.15. The number of anilines is 1. The van der Waals surface area contributed by atoms with Gasteiger partial charge >= 0.3 is 5.97 Å². The Kier molecular flexibility index (Phi) is 3.60. The van der Waals surface area contributed by atoms with Crippen molar-refractivity contribution in [2.75, 3.05) is 5.73 Å². The van der Waals surface area contributed by atoms with E-state index in [1.54, 1.807) is 0 Å². The molecule has 0 saturated carbocycles. The van der Waals surface area contributed by atoms with Gasteiger partial charge in [-0.15, -0.1) is 0 Å². The second kappa shape index (κ2) is 4.92. The first-order valence-corrected chi connectivity index (χ1v) is 4.43. The van der Waals surface area contributed by atoms with Crippen LogP contribution in [-0.4, -0.2) is 16.0 Å². The van der Waals surface area contributed by atoms with Gasteiger partial charge in [-0.3, -0.25) is 14.9 Å². The minimum atomic E-state index is -0.991. The summed E-state index contributed by atoms with van der Waals surface area (Å²) in [5.41, 5.74) is 5.91. The molecule has 0 aliphatic carbocycles. The molecule has 0 amide bonds. The topological polar surface area (TPSA) is 106 Å². The number of aliphatic carboxylic acids is 1. The van der Waals surface area contributed by atoms with E-state index in [2.05, 4.69) is 0 Å². The Morgan fingerprint density at radius 2 is 2.25 bits per heavy atom. The number of nitrogens with zero attached hydrogens (tertiary/aromatic N) is 1. The number of rotatable bonds is 4. The van der Waals surface area contributed by atoms with Crippen LogP contribution in [0.15, 0.2) is 24.3 Å². The number of nitrogens with two attached hydrogens (primary N) is 1. The fraction of sp³-hybridized carbons (Fsp3) is 0.100. The van der Waals surface area contributed by atoms with Gasteiger partial charge in [0, 0.05) is 11.8 Å². The highest BCUT2D eigenvalue weighted by atomic mass is 16.6. The largest absolute Gasteiger partial charge is 0.481 e. The third-order valence-corrected chi connectivity index (χ3v) is 1.84. The van der Waals surface area contributed by atoms with Gasteiger partial charge in [0.2, 0.25) is 0 Å². The molecule has 0 saturated heterocycles. The first-order valence-electron chi connectivity index (χ1n) is 4.43. The van der Waals surface area contributed by atoms with Crippen molar-refractivity contribution in [2.45, 2.75) is 6.42 Å². The summed E-state index contributed by atoms with van der Waals surface area (Å²) in [6.45, 7) is 0. The Morgan fingerprint density at radius 1 is 1.56 bits per heavy atom. The zero-order valence-corrected chi connectivity index (χ0v) is 8.29. The van der Waals surface area contributed by atoms with Crippen LogP contribution in [0.5, 0.6) is 0 Å². The van der Waals surface area contributed by atoms with E-state index >= 15 is 0 Å². The van der Waals surface area contributed by atoms with Crippen LogP contribution in [0.25, 0.3) is 6.08 Å². The molecular weight excluding hydrogens is 212 g/mol. The Hall–Kier alpha value is -2.37. The Balaban J connectivity index is 2.99. The molecule has 1 rings (SSSR count). The van der Waals surface area contributed by atoms with Gasteiger partial charge in [0.25, 0.3) is 5.69 Å². The predicted molar refractivity (Wildman–Crippen MR) is 58.8 cm³/mol. The lowest BCUT2D eigenvalue weighted by atomic mass is 10.1. The SMILES string of the molecule is Nc1ccc(C=CCC(=O)O)c([N+](=O)[O-])c1. The third-order valence-electron chi connectivity index (χ3n) is 1.84. The third kappa shape index (κ3) is 3.09. The highest BCUT2D eigenvalue weighted by molar-refractivity contribution is 5.72. The van der Waals surface area contributed by atoms with E-state index in [1.807, 2.05) is 0 Å². The number of hydrogen-bond donors (Lipinski definition) is 2. The number of carboxylic acids is 1. The maximum Gasteiger partial charge on any atom is 0.307 e. The second-order valence-corrected chi connectivity index (χ2v) is 3.08. The summed E-state index contributed by atoms with van der Waals surface area (Å²) in [5.74, 6) is -0.991. The summed E-state index contributed by atoms with van der Waals surface area (Å²) in [4.78, 5) is 20.4. The lowest BCUT2D eigenvalue weighted by molar-refractivity contribution is -0.385. The molecule has 1 aromatic carbocycles. The van der Waals surface area contributed by atoms with E-state index in [4.69, 9.17) is 10.8 Å². The molecule has 1 aromatic rings. The number of carboxylic acid groups (broad SMARTS) is 1. The quantitative estimate of drug-likeness (QED) is 0.457. The molecule has 0 unspecified atom stereocenters. The molecule has 0 atom stereocenters. The van der Waals surface area contributed by atoms with Crippen LogP contribution in [-0.2, 0) is 4.79 Å². The molecule has 0 aliphatic rings. The Morgan fingerprint density at radius 3 is 2.81 bits per heavy atom. The highest BCUT2D eigenvalue weighted by Crippen LogP contribution is 2.22. The van der Waals surface area contributed by atoms with Crippen LogP contribution in [0.2, 0.25) is 0 Å². The van der Waals surface area contributed by atoms with E-state index in [9.17, 15) is 14.9 Å². The smallest absolute Gasteiger partial charge is 0.307 e. The second-order valence-electron chi connectivity index (χ2n) is 3.08. The van der Waals surface area contributed by atoms with Crippen molar-refractivity contribution in [3.8, 4) is 0 Å². The monoisotopic (exact) mass is 222 g/mol. The first kappa shape index (κ1) is 11.7. The van der Waals surface area contributed by atoms with Crippen molar-refractivity contribution in [2.24, 2.45) is 0 Å². The van der Waals surface area contributed by atoms with Gasteiger partial charge in [-0.25, -0.2) is 0 Å². The van der Waals surface area contributed by atoms with Crippen molar-refractivity contribution in [1.82, 2.24) is 0 Å². The van der Waals surface area contributed by atoms with E-state index < -0.39 is 10.9 Å². The van der Waals surface area contributed by atoms with Gasteiger partial charge in [0.1, 0.15) is 0 Å². The van der Waals surface area contributed by atoms with Crippen LogP contribution in [0, 0.1) is 10.1 Å². The average Bonchev–Trinajstić information content (AvgIpc) is 2.19. The van der Waals surface area contributed by atoms with E-state index in [1.165, 1.54) is 30.4 Å². The summed E-state index contributed by atoms with van der Waals surface area (Å²) in [5, 5.41) is 19.1. The standard InChI is InChI=1S/C10H10N2O4/c11-8-5-4-7(2-1-3-10(13)14)9(6-8)12(15)16/h1-2,4-6H,3,11H2,(H,13,14). The lowest BCUT2D eigenvalue weighted by Crippen LogP contribution is -1.94.